The molecule has 0 unspecified atom stereocenters. The van der Waals surface area contributed by atoms with Gasteiger partial charge in [-0.2, -0.15) is 8.61 Å². The highest BCUT2D eigenvalue weighted by atomic mass is 35.5. The number of sulfonamides is 2. The lowest BCUT2D eigenvalue weighted by Crippen LogP contribution is -2.65. The molecule has 2 fully saturated rings. The van der Waals surface area contributed by atoms with Gasteiger partial charge < -0.3 is 0 Å². The van der Waals surface area contributed by atoms with E-state index in [0.29, 0.717) is 16.7 Å². The van der Waals surface area contributed by atoms with E-state index in [1.54, 1.807) is 9.80 Å². The predicted octanol–water partition coefficient (Wildman–Crippen LogP) is 2.09. The van der Waals surface area contributed by atoms with Crippen LogP contribution in [-0.2, 0) is 20.0 Å². The summed E-state index contributed by atoms with van der Waals surface area (Å²) in [6.45, 7) is 0.851. The molecule has 8 nitrogen and oxygen atoms in total. The number of hydrogen-bond acceptors (Lipinski definition) is 6. The average Bonchev–Trinajstić information content (AvgIpc) is 2.68. The van der Waals surface area contributed by atoms with Gasteiger partial charge in [-0.1, -0.05) is 23.2 Å². The maximum absolute atomic E-state index is 12.9. The summed E-state index contributed by atoms with van der Waals surface area (Å²) in [5.41, 5.74) is 0. The molecule has 2 aromatic rings. The molecule has 12 heteroatoms. The lowest BCUT2D eigenvalue weighted by molar-refractivity contribution is -0.0670. The minimum Gasteiger partial charge on any atom is -0.262 e. The van der Waals surface area contributed by atoms with Crippen LogP contribution in [0.25, 0.3) is 0 Å². The van der Waals surface area contributed by atoms with Crippen molar-refractivity contribution in [3.05, 3.63) is 58.6 Å². The fraction of sp³-hybridized carbons (Fsp3) is 0.294. The zero-order chi connectivity index (χ0) is 20.8. The number of nitrogens with zero attached hydrogens (tertiary/aromatic N) is 4. The molecule has 4 rings (SSSR count). The van der Waals surface area contributed by atoms with Crippen LogP contribution in [0, 0.1) is 0 Å². The largest absolute Gasteiger partial charge is 0.262 e. The SMILES string of the molecule is O=S(=O)(c1ccc(Cl)cc1)N1CN2CN(C1)CN(S(=O)(=O)c1ccc(Cl)cc1)C2. The Labute approximate surface area is 179 Å². The minimum absolute atomic E-state index is 0.0914. The predicted molar refractivity (Wildman–Crippen MR) is 109 cm³/mol. The Hall–Kier alpha value is -1.24. The Morgan fingerprint density at radius 3 is 1.17 bits per heavy atom. The summed E-state index contributed by atoms with van der Waals surface area (Å²) < 4.78 is 54.4. The van der Waals surface area contributed by atoms with E-state index < -0.39 is 20.0 Å². The van der Waals surface area contributed by atoms with Gasteiger partial charge in [0.05, 0.1) is 43.1 Å². The highest BCUT2D eigenvalue weighted by Crippen LogP contribution is 2.26. The van der Waals surface area contributed by atoms with Gasteiger partial charge in [-0.15, -0.1) is 0 Å². The third kappa shape index (κ3) is 4.17. The van der Waals surface area contributed by atoms with Gasteiger partial charge in [0.25, 0.3) is 0 Å². The molecule has 29 heavy (non-hydrogen) atoms. The molecule has 0 radical (unpaired) electrons. The first-order valence-electron chi connectivity index (χ1n) is 8.62. The van der Waals surface area contributed by atoms with Crippen LogP contribution in [-0.4, -0.2) is 68.6 Å². The number of fused-ring (bicyclic) bond motifs is 2. The fourth-order valence-electron chi connectivity index (χ4n) is 3.35. The molecule has 0 spiro atoms. The average molecular weight is 477 g/mol. The van der Waals surface area contributed by atoms with Crippen LogP contribution in [0.1, 0.15) is 0 Å². The molecule has 2 aliphatic rings. The summed E-state index contributed by atoms with van der Waals surface area (Å²) >= 11 is 11.7. The van der Waals surface area contributed by atoms with Crippen molar-refractivity contribution in [1.29, 1.82) is 0 Å². The summed E-state index contributed by atoms with van der Waals surface area (Å²) in [6.07, 6.45) is 0. The van der Waals surface area contributed by atoms with Crippen LogP contribution >= 0.6 is 23.2 Å². The molecule has 0 aliphatic carbocycles. The first kappa shape index (κ1) is 21.0. The first-order chi connectivity index (χ1) is 13.7. The van der Waals surface area contributed by atoms with Crippen molar-refractivity contribution in [3.8, 4) is 0 Å². The number of rotatable bonds is 4. The van der Waals surface area contributed by atoms with Crippen molar-refractivity contribution in [2.24, 2.45) is 0 Å². The van der Waals surface area contributed by atoms with Gasteiger partial charge in [-0.05, 0) is 48.5 Å². The van der Waals surface area contributed by atoms with Crippen LogP contribution in [0.5, 0.6) is 0 Å². The van der Waals surface area contributed by atoms with E-state index in [1.807, 2.05) is 0 Å². The van der Waals surface area contributed by atoms with Crippen LogP contribution < -0.4 is 0 Å². The second kappa shape index (κ2) is 7.78. The van der Waals surface area contributed by atoms with Crippen LogP contribution in [0.2, 0.25) is 10.0 Å². The third-order valence-corrected chi connectivity index (χ3v) is 8.80. The smallest absolute Gasteiger partial charge is 0.245 e. The highest BCUT2D eigenvalue weighted by molar-refractivity contribution is 7.89. The van der Waals surface area contributed by atoms with Gasteiger partial charge in [0, 0.05) is 10.0 Å². The van der Waals surface area contributed by atoms with Gasteiger partial charge in [-0.25, -0.2) is 16.8 Å². The maximum atomic E-state index is 12.9. The Morgan fingerprint density at radius 1 is 0.552 bits per heavy atom. The molecule has 0 amide bonds. The van der Waals surface area contributed by atoms with Crippen LogP contribution in [0.15, 0.2) is 58.3 Å². The van der Waals surface area contributed by atoms with E-state index in [1.165, 1.54) is 57.1 Å². The Kier molecular flexibility index (Phi) is 5.64. The molecule has 2 aromatic carbocycles. The van der Waals surface area contributed by atoms with Crippen LogP contribution in [0.3, 0.4) is 0 Å². The Bertz CT molecular complexity index is 1010. The zero-order valence-electron chi connectivity index (χ0n) is 15.1. The molecular weight excluding hydrogens is 459 g/mol. The molecule has 0 aromatic heterocycles. The molecule has 0 N–H and O–H groups in total. The van der Waals surface area contributed by atoms with Gasteiger partial charge in [0.1, 0.15) is 0 Å². The quantitative estimate of drug-likeness (QED) is 0.671. The second-order valence-corrected chi connectivity index (χ2v) is 11.6. The monoisotopic (exact) mass is 476 g/mol. The third-order valence-electron chi connectivity index (χ3n) is 4.73. The number of halogens is 2. The standard InChI is InChI=1S/C17H18Cl2N4O4S2/c18-14-1-5-16(6-2-14)28(24,25)22-10-20-9-21(11-22)13-23(12-20)29(26,27)17-7-3-15(19)4-8-17/h1-8H,9-13H2. The van der Waals surface area contributed by atoms with Gasteiger partial charge in [-0.3, -0.25) is 9.80 Å². The topological polar surface area (TPSA) is 81.2 Å². The van der Waals surface area contributed by atoms with E-state index in [2.05, 4.69) is 0 Å². The first-order valence-corrected chi connectivity index (χ1v) is 12.3. The molecule has 2 bridgehead atoms. The van der Waals surface area contributed by atoms with Crippen molar-refractivity contribution < 1.29 is 16.8 Å². The Morgan fingerprint density at radius 2 is 0.862 bits per heavy atom. The summed E-state index contributed by atoms with van der Waals surface area (Å²) in [5, 5.41) is 0.907. The minimum atomic E-state index is -3.72. The van der Waals surface area contributed by atoms with Gasteiger partial charge in [0.2, 0.25) is 20.0 Å². The lowest BCUT2D eigenvalue weighted by atomic mass is 10.4. The molecule has 2 aliphatic heterocycles. The Balaban J connectivity index is 1.53. The van der Waals surface area contributed by atoms with Gasteiger partial charge >= 0.3 is 0 Å². The molecule has 2 saturated heterocycles. The second-order valence-electron chi connectivity index (χ2n) is 6.87. The molecular formula is C17H18Cl2N4O4S2. The molecule has 2 heterocycles. The maximum Gasteiger partial charge on any atom is 0.245 e. The summed E-state index contributed by atoms with van der Waals surface area (Å²) in [6, 6.07) is 12.0. The molecule has 156 valence electrons. The molecule has 0 saturated carbocycles. The van der Waals surface area contributed by atoms with Crippen molar-refractivity contribution >= 4 is 43.2 Å². The van der Waals surface area contributed by atoms with Crippen molar-refractivity contribution in [1.82, 2.24) is 18.4 Å². The van der Waals surface area contributed by atoms with E-state index in [9.17, 15) is 16.8 Å². The summed E-state index contributed by atoms with van der Waals surface area (Å²) in [7, 11) is -7.44. The van der Waals surface area contributed by atoms with E-state index >= 15 is 0 Å². The number of hydrogen-bond donors (Lipinski definition) is 0. The molecule has 0 atom stereocenters. The van der Waals surface area contributed by atoms with Crippen molar-refractivity contribution in [2.75, 3.05) is 33.3 Å². The van der Waals surface area contributed by atoms with Gasteiger partial charge in [0.15, 0.2) is 0 Å². The summed E-state index contributed by atoms with van der Waals surface area (Å²) in [5.74, 6) is 0. The van der Waals surface area contributed by atoms with Crippen LogP contribution in [0.4, 0.5) is 0 Å². The normalized spacial score (nSPS) is 23.8. The van der Waals surface area contributed by atoms with Crippen molar-refractivity contribution in [3.63, 3.8) is 0 Å². The number of benzene rings is 2. The highest BCUT2D eigenvalue weighted by Gasteiger charge is 2.40. The van der Waals surface area contributed by atoms with E-state index in [4.69, 9.17) is 23.2 Å². The fourth-order valence-corrected chi connectivity index (χ4v) is 6.42. The van der Waals surface area contributed by atoms with E-state index in [0.717, 1.165) is 0 Å². The summed E-state index contributed by atoms with van der Waals surface area (Å²) in [4.78, 5) is 3.81. The zero-order valence-corrected chi connectivity index (χ0v) is 18.3. The van der Waals surface area contributed by atoms with Crippen molar-refractivity contribution in [2.45, 2.75) is 9.79 Å². The lowest BCUT2D eigenvalue weighted by Gasteiger charge is -2.48. The van der Waals surface area contributed by atoms with E-state index in [-0.39, 0.29) is 36.5 Å².